The van der Waals surface area contributed by atoms with Crippen LogP contribution in [0.4, 0.5) is 4.79 Å². The number of carbonyl (C=O) groups excluding carboxylic acids is 1. The molecule has 0 bridgehead atoms. The van der Waals surface area contributed by atoms with Gasteiger partial charge in [0.1, 0.15) is 0 Å². The molecule has 2 fully saturated rings. The predicted molar refractivity (Wildman–Crippen MR) is 128 cm³/mol. The third-order valence-corrected chi connectivity index (χ3v) is 6.37. The van der Waals surface area contributed by atoms with Crippen LogP contribution in [-0.2, 0) is 22.6 Å². The van der Waals surface area contributed by atoms with E-state index in [0.29, 0.717) is 19.6 Å². The molecular weight excluding hydrogens is 434 g/mol. The Kier molecular flexibility index (Phi) is 8.53. The summed E-state index contributed by atoms with van der Waals surface area (Å²) in [6.45, 7) is 5.21. The van der Waals surface area contributed by atoms with Crippen LogP contribution in [0.3, 0.4) is 0 Å². The highest BCUT2D eigenvalue weighted by Crippen LogP contribution is 2.38. The Hall–Kier alpha value is -2.49. The van der Waals surface area contributed by atoms with Crippen molar-refractivity contribution in [1.29, 1.82) is 0 Å². The van der Waals surface area contributed by atoms with E-state index in [-0.39, 0.29) is 30.9 Å². The van der Waals surface area contributed by atoms with E-state index in [1.54, 1.807) is 0 Å². The molecule has 0 spiro atoms. The van der Waals surface area contributed by atoms with Gasteiger partial charge >= 0.3 is 6.03 Å². The fourth-order valence-electron chi connectivity index (χ4n) is 4.50. The SMILES string of the molecule is CCNC(=O)NCc1ccc([C@H]2O[C@@H](CN3CC[C@H](O)C3)C[C@@H](c3ccc(CO)cc3)O2)cc1. The molecule has 2 aromatic rings. The first-order chi connectivity index (χ1) is 16.5. The van der Waals surface area contributed by atoms with Gasteiger partial charge in [-0.05, 0) is 30.0 Å². The number of amides is 2. The van der Waals surface area contributed by atoms with Crippen LogP contribution in [0, 0.1) is 0 Å². The lowest BCUT2D eigenvalue weighted by molar-refractivity contribution is -0.252. The number of hydrogen-bond acceptors (Lipinski definition) is 6. The molecule has 34 heavy (non-hydrogen) atoms. The maximum Gasteiger partial charge on any atom is 0.315 e. The molecule has 4 rings (SSSR count). The quantitative estimate of drug-likeness (QED) is 0.474. The zero-order valence-electron chi connectivity index (χ0n) is 19.7. The van der Waals surface area contributed by atoms with E-state index in [1.807, 2.05) is 55.5 Å². The summed E-state index contributed by atoms with van der Waals surface area (Å²) < 4.78 is 12.8. The molecule has 0 aromatic heterocycles. The zero-order valence-corrected chi connectivity index (χ0v) is 19.7. The van der Waals surface area contributed by atoms with Crippen LogP contribution in [0.15, 0.2) is 48.5 Å². The van der Waals surface area contributed by atoms with Crippen molar-refractivity contribution in [3.63, 3.8) is 0 Å². The number of nitrogens with zero attached hydrogens (tertiary/aromatic N) is 1. The highest BCUT2D eigenvalue weighted by Gasteiger charge is 2.34. The van der Waals surface area contributed by atoms with E-state index >= 15 is 0 Å². The second-order valence-corrected chi connectivity index (χ2v) is 9.01. The van der Waals surface area contributed by atoms with Crippen molar-refractivity contribution in [2.45, 2.75) is 57.5 Å². The Bertz CT molecular complexity index is 921. The maximum atomic E-state index is 11.6. The first kappa shape index (κ1) is 24.6. The van der Waals surface area contributed by atoms with Gasteiger partial charge < -0.3 is 30.3 Å². The lowest BCUT2D eigenvalue weighted by Gasteiger charge is -2.37. The number of β-amino-alcohol motifs (C(OH)–C–C–N with tert-alkyl or cyclic N) is 1. The van der Waals surface area contributed by atoms with Crippen molar-refractivity contribution in [3.8, 4) is 0 Å². The number of rotatable bonds is 8. The van der Waals surface area contributed by atoms with E-state index in [0.717, 1.165) is 48.2 Å². The number of nitrogens with one attached hydrogen (secondary N) is 2. The summed E-state index contributed by atoms with van der Waals surface area (Å²) >= 11 is 0. The van der Waals surface area contributed by atoms with E-state index in [9.17, 15) is 15.0 Å². The van der Waals surface area contributed by atoms with Gasteiger partial charge in [-0.25, -0.2) is 4.79 Å². The summed E-state index contributed by atoms with van der Waals surface area (Å²) in [7, 11) is 0. The first-order valence-electron chi connectivity index (χ1n) is 12.1. The van der Waals surface area contributed by atoms with Gasteiger partial charge in [0.25, 0.3) is 0 Å². The number of carbonyl (C=O) groups is 1. The van der Waals surface area contributed by atoms with Crippen LogP contribution in [0.5, 0.6) is 0 Å². The minimum absolute atomic E-state index is 0.0127. The van der Waals surface area contributed by atoms with Gasteiger partial charge in [-0.1, -0.05) is 48.5 Å². The lowest BCUT2D eigenvalue weighted by atomic mass is 9.99. The van der Waals surface area contributed by atoms with Crippen LogP contribution >= 0.6 is 0 Å². The van der Waals surface area contributed by atoms with Gasteiger partial charge in [-0.15, -0.1) is 0 Å². The van der Waals surface area contributed by atoms with Gasteiger partial charge in [-0.3, -0.25) is 4.90 Å². The molecule has 2 saturated heterocycles. The number of aliphatic hydroxyl groups excluding tert-OH is 2. The summed E-state index contributed by atoms with van der Waals surface area (Å²) in [6.07, 6.45) is 0.562. The van der Waals surface area contributed by atoms with Gasteiger partial charge in [0, 0.05) is 44.7 Å². The molecule has 2 aliphatic rings. The lowest BCUT2D eigenvalue weighted by Crippen LogP contribution is -2.38. The summed E-state index contributed by atoms with van der Waals surface area (Å²) in [5.41, 5.74) is 3.83. The highest BCUT2D eigenvalue weighted by atomic mass is 16.7. The van der Waals surface area contributed by atoms with Crippen molar-refractivity contribution in [2.75, 3.05) is 26.2 Å². The molecule has 8 heteroatoms. The summed E-state index contributed by atoms with van der Waals surface area (Å²) in [5, 5.41) is 24.8. The fourth-order valence-corrected chi connectivity index (χ4v) is 4.50. The largest absolute Gasteiger partial charge is 0.392 e. The normalized spacial score (nSPS) is 25.3. The second-order valence-electron chi connectivity index (χ2n) is 9.01. The number of benzene rings is 2. The van der Waals surface area contributed by atoms with E-state index in [1.165, 1.54) is 0 Å². The third kappa shape index (κ3) is 6.55. The molecular formula is C26H35N3O5. The molecule has 4 atom stereocenters. The number of ether oxygens (including phenoxy) is 2. The fraction of sp³-hybridized carbons (Fsp3) is 0.500. The van der Waals surface area contributed by atoms with Crippen LogP contribution in [0.2, 0.25) is 0 Å². The molecule has 184 valence electrons. The Morgan fingerprint density at radius 2 is 1.74 bits per heavy atom. The van der Waals surface area contributed by atoms with Crippen LogP contribution in [0.1, 0.15) is 54.4 Å². The standard InChI is InChI=1S/C26H35N3O5/c1-2-27-26(32)28-14-18-3-9-21(10-4-18)25-33-23(16-29-12-11-22(31)15-29)13-24(34-25)20-7-5-19(17-30)6-8-20/h3-10,22-25,30-31H,2,11-17H2,1H3,(H2,27,28,32)/t22-,23+,24-,25-/m0/s1. The van der Waals surface area contributed by atoms with Crippen molar-refractivity contribution in [2.24, 2.45) is 0 Å². The predicted octanol–water partition coefficient (Wildman–Crippen LogP) is 2.61. The van der Waals surface area contributed by atoms with Crippen molar-refractivity contribution in [3.05, 3.63) is 70.8 Å². The minimum atomic E-state index is -0.515. The molecule has 0 aliphatic carbocycles. The molecule has 0 saturated carbocycles. The van der Waals surface area contributed by atoms with Crippen molar-refractivity contribution in [1.82, 2.24) is 15.5 Å². The van der Waals surface area contributed by atoms with E-state index < -0.39 is 6.29 Å². The second kappa shape index (κ2) is 11.8. The molecule has 2 amide bonds. The Balaban J connectivity index is 1.46. The van der Waals surface area contributed by atoms with Crippen molar-refractivity contribution >= 4 is 6.03 Å². The van der Waals surface area contributed by atoms with Crippen LogP contribution in [-0.4, -0.2) is 59.5 Å². The molecule has 0 unspecified atom stereocenters. The minimum Gasteiger partial charge on any atom is -0.392 e. The molecule has 4 N–H and O–H groups in total. The van der Waals surface area contributed by atoms with Gasteiger partial charge in [0.2, 0.25) is 0 Å². The zero-order chi connectivity index (χ0) is 23.9. The molecule has 0 radical (unpaired) electrons. The van der Waals surface area contributed by atoms with Gasteiger partial charge in [0.15, 0.2) is 6.29 Å². The highest BCUT2D eigenvalue weighted by molar-refractivity contribution is 5.73. The number of likely N-dealkylation sites (tertiary alicyclic amines) is 1. The monoisotopic (exact) mass is 469 g/mol. The van der Waals surface area contributed by atoms with Gasteiger partial charge in [-0.2, -0.15) is 0 Å². The topological polar surface area (TPSA) is 103 Å². The number of hydrogen-bond donors (Lipinski definition) is 4. The molecule has 8 nitrogen and oxygen atoms in total. The molecule has 2 heterocycles. The average molecular weight is 470 g/mol. The smallest absolute Gasteiger partial charge is 0.315 e. The van der Waals surface area contributed by atoms with E-state index in [4.69, 9.17) is 9.47 Å². The molecule has 2 aliphatic heterocycles. The van der Waals surface area contributed by atoms with Gasteiger partial charge in [0.05, 0.1) is 24.9 Å². The van der Waals surface area contributed by atoms with E-state index in [2.05, 4.69) is 15.5 Å². The summed E-state index contributed by atoms with van der Waals surface area (Å²) in [4.78, 5) is 13.9. The Labute approximate surface area is 200 Å². The first-order valence-corrected chi connectivity index (χ1v) is 12.1. The molecule has 2 aromatic carbocycles. The summed E-state index contributed by atoms with van der Waals surface area (Å²) in [5.74, 6) is 0. The van der Waals surface area contributed by atoms with Crippen LogP contribution < -0.4 is 10.6 Å². The maximum absolute atomic E-state index is 11.6. The van der Waals surface area contributed by atoms with Crippen molar-refractivity contribution < 1.29 is 24.5 Å². The Morgan fingerprint density at radius 1 is 1.03 bits per heavy atom. The third-order valence-electron chi connectivity index (χ3n) is 6.37. The number of aliphatic hydroxyl groups is 2. The number of urea groups is 1. The Morgan fingerprint density at radius 3 is 2.38 bits per heavy atom. The van der Waals surface area contributed by atoms with Crippen LogP contribution in [0.25, 0.3) is 0 Å². The average Bonchev–Trinajstić information content (AvgIpc) is 3.27. The summed E-state index contributed by atoms with van der Waals surface area (Å²) in [6, 6.07) is 15.6.